The van der Waals surface area contributed by atoms with Gasteiger partial charge < -0.3 is 5.32 Å². The molecule has 1 amide bonds. The number of benzene rings is 1. The summed E-state index contributed by atoms with van der Waals surface area (Å²) < 4.78 is 13.6. The summed E-state index contributed by atoms with van der Waals surface area (Å²) in [7, 11) is 0. The predicted octanol–water partition coefficient (Wildman–Crippen LogP) is 3.54. The first kappa shape index (κ1) is 19.3. The zero-order valence-electron chi connectivity index (χ0n) is 13.2. The second-order valence-corrected chi connectivity index (χ2v) is 7.48. The number of amides is 1. The van der Waals surface area contributed by atoms with Crippen molar-refractivity contribution in [3.8, 4) is 0 Å². The van der Waals surface area contributed by atoms with Crippen LogP contribution in [0.25, 0.3) is 0 Å². The number of nitrogens with one attached hydrogen (secondary N) is 3. The number of hydrazine groups is 1. The fourth-order valence-corrected chi connectivity index (χ4v) is 3.93. The monoisotopic (exact) mass is 389 g/mol. The number of thioether (sulfide) groups is 1. The van der Waals surface area contributed by atoms with Crippen molar-refractivity contribution in [2.24, 2.45) is 0 Å². The molecule has 0 unspecified atom stereocenters. The van der Waals surface area contributed by atoms with E-state index in [1.807, 2.05) is 0 Å². The van der Waals surface area contributed by atoms with Crippen LogP contribution in [0.2, 0.25) is 5.02 Å². The number of halogens is 2. The Kier molecular flexibility index (Phi) is 8.08. The molecular weight excluding hydrogens is 369 g/mol. The molecule has 1 aromatic carbocycles. The van der Waals surface area contributed by atoms with E-state index in [4.69, 9.17) is 23.8 Å². The highest BCUT2D eigenvalue weighted by Gasteiger charge is 2.14. The first-order valence-electron chi connectivity index (χ1n) is 7.92. The van der Waals surface area contributed by atoms with Gasteiger partial charge in [0.05, 0.1) is 5.75 Å². The molecule has 2 rings (SSSR count). The first-order valence-corrected chi connectivity index (χ1v) is 9.86. The molecule has 8 heteroatoms. The van der Waals surface area contributed by atoms with Gasteiger partial charge >= 0.3 is 0 Å². The smallest absolute Gasteiger partial charge is 0.248 e. The molecule has 0 bridgehead atoms. The largest absolute Gasteiger partial charge is 0.359 e. The molecule has 0 saturated heterocycles. The SMILES string of the molecule is O=C(CSCc1c(F)cccc1Cl)NNC(=S)NC1CCCCC1. The summed E-state index contributed by atoms with van der Waals surface area (Å²) in [6, 6.07) is 4.94. The lowest BCUT2D eigenvalue weighted by Gasteiger charge is -2.24. The Morgan fingerprint density at radius 2 is 2.04 bits per heavy atom. The Morgan fingerprint density at radius 1 is 1.29 bits per heavy atom. The maximum Gasteiger partial charge on any atom is 0.248 e. The van der Waals surface area contributed by atoms with Crippen LogP contribution in [0.4, 0.5) is 4.39 Å². The molecule has 0 heterocycles. The Hall–Kier alpha value is -1.05. The van der Waals surface area contributed by atoms with Crippen molar-refractivity contribution in [1.82, 2.24) is 16.2 Å². The van der Waals surface area contributed by atoms with Crippen LogP contribution in [-0.2, 0) is 10.5 Å². The van der Waals surface area contributed by atoms with Gasteiger partial charge in [-0.15, -0.1) is 11.8 Å². The minimum absolute atomic E-state index is 0.184. The zero-order valence-corrected chi connectivity index (χ0v) is 15.6. The van der Waals surface area contributed by atoms with Crippen LogP contribution in [0.15, 0.2) is 18.2 Å². The minimum atomic E-state index is -0.355. The average Bonchev–Trinajstić information content (AvgIpc) is 2.56. The van der Waals surface area contributed by atoms with Crippen LogP contribution in [0, 0.1) is 5.82 Å². The third kappa shape index (κ3) is 6.45. The Balaban J connectivity index is 1.63. The maximum absolute atomic E-state index is 13.6. The number of hydrogen-bond acceptors (Lipinski definition) is 3. The Morgan fingerprint density at radius 3 is 2.75 bits per heavy atom. The molecule has 0 atom stereocenters. The molecule has 1 aliphatic rings. The van der Waals surface area contributed by atoms with E-state index in [1.165, 1.54) is 37.1 Å². The fraction of sp³-hybridized carbons (Fsp3) is 0.500. The molecule has 1 fully saturated rings. The lowest BCUT2D eigenvalue weighted by molar-refractivity contribution is -0.119. The highest BCUT2D eigenvalue weighted by atomic mass is 35.5. The number of carbonyl (C=O) groups is 1. The van der Waals surface area contributed by atoms with E-state index < -0.39 is 0 Å². The van der Waals surface area contributed by atoms with Crippen LogP contribution in [0.3, 0.4) is 0 Å². The van der Waals surface area contributed by atoms with Crippen molar-refractivity contribution in [2.75, 3.05) is 5.75 Å². The molecule has 0 aliphatic heterocycles. The van der Waals surface area contributed by atoms with Gasteiger partial charge in [-0.3, -0.25) is 15.6 Å². The van der Waals surface area contributed by atoms with Crippen LogP contribution in [0.1, 0.15) is 37.7 Å². The molecule has 4 nitrogen and oxygen atoms in total. The summed E-state index contributed by atoms with van der Waals surface area (Å²) >= 11 is 12.4. The van der Waals surface area contributed by atoms with Gasteiger partial charge in [0.2, 0.25) is 5.91 Å². The highest BCUT2D eigenvalue weighted by Crippen LogP contribution is 2.23. The van der Waals surface area contributed by atoms with E-state index in [9.17, 15) is 9.18 Å². The van der Waals surface area contributed by atoms with Gasteiger partial charge in [0.15, 0.2) is 5.11 Å². The second-order valence-electron chi connectivity index (χ2n) is 5.67. The van der Waals surface area contributed by atoms with Gasteiger partial charge in [-0.2, -0.15) is 0 Å². The van der Waals surface area contributed by atoms with Crippen molar-refractivity contribution in [2.45, 2.75) is 43.9 Å². The molecule has 24 heavy (non-hydrogen) atoms. The van der Waals surface area contributed by atoms with Crippen LogP contribution in [-0.4, -0.2) is 22.8 Å². The van der Waals surface area contributed by atoms with Crippen molar-refractivity contribution >= 4 is 46.6 Å². The van der Waals surface area contributed by atoms with Crippen LogP contribution < -0.4 is 16.2 Å². The quantitative estimate of drug-likeness (QED) is 0.531. The van der Waals surface area contributed by atoms with E-state index in [2.05, 4.69) is 16.2 Å². The molecule has 1 aliphatic carbocycles. The van der Waals surface area contributed by atoms with Crippen molar-refractivity contribution in [1.29, 1.82) is 0 Å². The molecule has 1 saturated carbocycles. The Bertz CT molecular complexity index is 562. The summed E-state index contributed by atoms with van der Waals surface area (Å²) in [5, 5.41) is 4.00. The van der Waals surface area contributed by atoms with Crippen molar-refractivity contribution < 1.29 is 9.18 Å². The summed E-state index contributed by atoms with van der Waals surface area (Å²) in [4.78, 5) is 11.8. The Labute approximate surface area is 156 Å². The molecule has 0 radical (unpaired) electrons. The van der Waals surface area contributed by atoms with Gasteiger partial charge in [0, 0.05) is 22.4 Å². The molecule has 132 valence electrons. The third-order valence-corrected chi connectivity index (χ3v) is 5.33. The normalized spacial score (nSPS) is 14.9. The van der Waals surface area contributed by atoms with E-state index in [0.29, 0.717) is 27.5 Å². The number of thiocarbonyl (C=S) groups is 1. The lowest BCUT2D eigenvalue weighted by Crippen LogP contribution is -2.50. The molecule has 1 aromatic rings. The summed E-state index contributed by atoms with van der Waals surface area (Å²) in [5.74, 6) is -0.0559. The van der Waals surface area contributed by atoms with Gasteiger partial charge in [0.1, 0.15) is 5.82 Å². The zero-order chi connectivity index (χ0) is 17.4. The third-order valence-electron chi connectivity index (χ3n) is 3.80. The van der Waals surface area contributed by atoms with Gasteiger partial charge in [-0.1, -0.05) is 36.9 Å². The van der Waals surface area contributed by atoms with E-state index in [0.717, 1.165) is 12.8 Å². The second kappa shape index (κ2) is 10.1. The minimum Gasteiger partial charge on any atom is -0.359 e. The van der Waals surface area contributed by atoms with Crippen LogP contribution >= 0.6 is 35.6 Å². The number of rotatable bonds is 5. The molecule has 3 N–H and O–H groups in total. The number of carbonyl (C=O) groups excluding carboxylic acids is 1. The molecule has 0 spiro atoms. The van der Waals surface area contributed by atoms with E-state index >= 15 is 0 Å². The summed E-state index contributed by atoms with van der Waals surface area (Å²) in [5.41, 5.74) is 5.67. The van der Waals surface area contributed by atoms with Crippen molar-refractivity contribution in [3.63, 3.8) is 0 Å². The molecule has 0 aromatic heterocycles. The average molecular weight is 390 g/mol. The van der Waals surface area contributed by atoms with E-state index in [1.54, 1.807) is 12.1 Å². The fourth-order valence-electron chi connectivity index (χ4n) is 2.55. The standard InChI is InChI=1S/C16H21ClFN3OS2/c17-13-7-4-8-14(18)12(13)9-24-10-15(22)20-21-16(23)19-11-5-2-1-3-6-11/h4,7-8,11H,1-3,5-6,9-10H2,(H,20,22)(H2,19,21,23). The van der Waals surface area contributed by atoms with E-state index in [-0.39, 0.29) is 17.5 Å². The molecular formula is C16H21ClFN3OS2. The van der Waals surface area contributed by atoms with Gasteiger partial charge in [-0.25, -0.2) is 4.39 Å². The van der Waals surface area contributed by atoms with Gasteiger partial charge in [0.25, 0.3) is 0 Å². The lowest BCUT2D eigenvalue weighted by atomic mass is 9.96. The van der Waals surface area contributed by atoms with Gasteiger partial charge in [-0.05, 0) is 37.2 Å². The highest BCUT2D eigenvalue weighted by molar-refractivity contribution is 7.99. The summed E-state index contributed by atoms with van der Waals surface area (Å²) in [6.07, 6.45) is 5.91. The number of hydrogen-bond donors (Lipinski definition) is 3. The maximum atomic E-state index is 13.6. The predicted molar refractivity (Wildman–Crippen MR) is 101 cm³/mol. The van der Waals surface area contributed by atoms with Crippen LogP contribution in [0.5, 0.6) is 0 Å². The topological polar surface area (TPSA) is 53.2 Å². The first-order chi connectivity index (χ1) is 11.6. The summed E-state index contributed by atoms with van der Waals surface area (Å²) in [6.45, 7) is 0. The van der Waals surface area contributed by atoms with Crippen molar-refractivity contribution in [3.05, 3.63) is 34.6 Å².